The zero-order valence-corrected chi connectivity index (χ0v) is 39.0. The quantitative estimate of drug-likeness (QED) is 0.0224. The van der Waals surface area contributed by atoms with Gasteiger partial charge in [0, 0.05) is 27.8 Å². The number of azo groups is 4. The number of phenolic OH excluding ortho intramolecular Hbond substituents is 2. The fourth-order valence-electron chi connectivity index (χ4n) is 7.09. The molecule has 0 saturated carbocycles. The second-order valence-electron chi connectivity index (χ2n) is 15.4. The number of benzene rings is 8. The van der Waals surface area contributed by atoms with Gasteiger partial charge in [-0.25, -0.2) is 0 Å². The van der Waals surface area contributed by atoms with Crippen LogP contribution in [-0.4, -0.2) is 49.1 Å². The molecule has 0 spiro atoms. The summed E-state index contributed by atoms with van der Waals surface area (Å²) in [6, 6.07) is 30.0. The summed E-state index contributed by atoms with van der Waals surface area (Å²) in [7, 11) is -14.6. The zero-order valence-electron chi connectivity index (χ0n) is 36.6. The zero-order chi connectivity index (χ0) is 51.7. The molecule has 8 rings (SSSR count). The van der Waals surface area contributed by atoms with E-state index in [1.54, 1.807) is 66.7 Å². The number of hydrogen-bond acceptors (Lipinski definition) is 20. The second-order valence-corrected chi connectivity index (χ2v) is 19.6. The summed E-state index contributed by atoms with van der Waals surface area (Å²) >= 11 is 0. The average Bonchev–Trinajstić information content (AvgIpc) is 3.31. The van der Waals surface area contributed by atoms with Crippen LogP contribution in [0.1, 0.15) is 11.1 Å². The van der Waals surface area contributed by atoms with Crippen molar-refractivity contribution in [3.63, 3.8) is 0 Å². The monoisotopic (exact) mass is 1030 g/mol. The number of fused-ring (bicyclic) bond motifs is 2. The largest absolute Gasteiger partial charge is 0.505 e. The average molecular weight is 1030 g/mol. The van der Waals surface area contributed by atoms with Crippen molar-refractivity contribution < 1.29 is 49.1 Å². The third-order valence-electron chi connectivity index (χ3n) is 10.5. The third-order valence-corrected chi connectivity index (χ3v) is 13.2. The molecule has 0 aromatic heterocycles. The van der Waals surface area contributed by atoms with Crippen LogP contribution in [0.25, 0.3) is 33.7 Å². The van der Waals surface area contributed by atoms with Crippen LogP contribution in [0.5, 0.6) is 11.5 Å². The van der Waals surface area contributed by atoms with Crippen molar-refractivity contribution in [1.29, 1.82) is 0 Å². The van der Waals surface area contributed by atoms with Crippen LogP contribution in [0.3, 0.4) is 0 Å². The molecule has 0 bridgehead atoms. The standard InChI is InChI=1S/C46H36N12O11S3/c47-26-2-1-3-28(20-26)52-57-38-16-13-31-36(17-14-33(48)42(31)45(38)59)55-53-30-11-8-25(40(22-30)71(64,65)66)7-4-24-5-9-27(10-6-24)51-56-37-18-15-34(49)43-32(37)23-41(72(67,68)69)44(46(43)60)58-54-29-12-19-39(35(50)21-29)70(61,62)63/h1-23,59-60H,47-50H2,(H,61,62,63)(H,64,65,66)(H,67,68,69)/b7-4+,55-53?,56-51?,57-52?,58-54?. The molecule has 8 aromatic rings. The van der Waals surface area contributed by atoms with E-state index in [4.69, 9.17) is 22.9 Å². The Morgan fingerprint density at radius 2 is 0.931 bits per heavy atom. The first-order chi connectivity index (χ1) is 34.0. The van der Waals surface area contributed by atoms with E-state index in [1.165, 1.54) is 42.5 Å². The lowest BCUT2D eigenvalue weighted by atomic mass is 10.0. The highest BCUT2D eigenvalue weighted by Crippen LogP contribution is 2.47. The molecule has 0 fully saturated rings. The summed E-state index contributed by atoms with van der Waals surface area (Å²) in [6.45, 7) is 0. The first-order valence-corrected chi connectivity index (χ1v) is 24.8. The van der Waals surface area contributed by atoms with Crippen LogP contribution in [0.15, 0.2) is 183 Å². The van der Waals surface area contributed by atoms with Crippen LogP contribution >= 0.6 is 0 Å². The smallest absolute Gasteiger partial charge is 0.296 e. The van der Waals surface area contributed by atoms with E-state index in [2.05, 4.69) is 40.9 Å². The number of nitrogens with zero attached hydrogens (tertiary/aromatic N) is 8. The Labute approximate surface area is 408 Å². The highest BCUT2D eigenvalue weighted by molar-refractivity contribution is 7.86. The lowest BCUT2D eigenvalue weighted by molar-refractivity contribution is 0.472. The maximum absolute atomic E-state index is 12.6. The van der Waals surface area contributed by atoms with E-state index in [0.717, 1.165) is 30.3 Å². The summed E-state index contributed by atoms with van der Waals surface area (Å²) in [5.41, 5.74) is 25.2. The number of aromatic hydroxyl groups is 2. The molecular formula is C46H36N12O11S3. The fourth-order valence-corrected chi connectivity index (χ4v) is 9.04. The summed E-state index contributed by atoms with van der Waals surface area (Å²) < 4.78 is 103. The Bertz CT molecular complexity index is 4040. The van der Waals surface area contributed by atoms with Crippen LogP contribution in [0.4, 0.5) is 68.2 Å². The fraction of sp³-hybridized carbons (Fsp3) is 0. The van der Waals surface area contributed by atoms with E-state index in [9.17, 15) is 49.1 Å². The van der Waals surface area contributed by atoms with Gasteiger partial charge < -0.3 is 33.1 Å². The Kier molecular flexibility index (Phi) is 13.3. The second kappa shape index (κ2) is 19.4. The first-order valence-electron chi connectivity index (χ1n) is 20.4. The molecule has 23 nitrogen and oxygen atoms in total. The number of phenols is 2. The van der Waals surface area contributed by atoms with E-state index >= 15 is 0 Å². The molecule has 0 radical (unpaired) electrons. The number of rotatable bonds is 13. The predicted octanol–water partition coefficient (Wildman–Crippen LogP) is 11.3. The molecule has 0 aliphatic heterocycles. The van der Waals surface area contributed by atoms with Gasteiger partial charge in [-0.2, -0.15) is 45.7 Å². The van der Waals surface area contributed by atoms with Gasteiger partial charge in [-0.1, -0.05) is 36.4 Å². The number of anilines is 4. The molecule has 26 heteroatoms. The summed E-state index contributed by atoms with van der Waals surface area (Å²) in [6.07, 6.45) is 3.01. The van der Waals surface area contributed by atoms with Gasteiger partial charge in [-0.05, 0) is 114 Å². The van der Waals surface area contributed by atoms with Gasteiger partial charge in [0.1, 0.15) is 26.1 Å². The van der Waals surface area contributed by atoms with E-state index in [0.29, 0.717) is 28.0 Å². The molecule has 0 aliphatic carbocycles. The SMILES string of the molecule is Nc1cccc(N=Nc2ccc3c(N=Nc4ccc(/C=C/c5ccc(N=Nc6ccc(N)c7c(O)c(N=Nc8ccc(S(=O)(=O)O)c(N)c8)c(S(=O)(=O)O)cc67)cc5)c(S(=O)(=O)O)c4)ccc(N)c3c2O)c1. The molecule has 364 valence electrons. The van der Waals surface area contributed by atoms with Crippen molar-refractivity contribution in [2.24, 2.45) is 40.9 Å². The van der Waals surface area contributed by atoms with E-state index < -0.39 is 62.2 Å². The van der Waals surface area contributed by atoms with Crippen LogP contribution < -0.4 is 22.9 Å². The van der Waals surface area contributed by atoms with Gasteiger partial charge in [0.15, 0.2) is 11.5 Å². The Morgan fingerprint density at radius 1 is 0.403 bits per heavy atom. The molecular weight excluding hydrogens is 993 g/mol. The van der Waals surface area contributed by atoms with Crippen molar-refractivity contribution in [1.82, 2.24) is 0 Å². The molecule has 0 saturated heterocycles. The van der Waals surface area contributed by atoms with E-state index in [-0.39, 0.29) is 67.3 Å². The maximum atomic E-state index is 12.6. The molecule has 13 N–H and O–H groups in total. The van der Waals surface area contributed by atoms with Crippen LogP contribution in [-0.2, 0) is 30.4 Å². The molecule has 0 atom stereocenters. The summed E-state index contributed by atoms with van der Waals surface area (Å²) in [4.78, 5) is -1.98. The summed E-state index contributed by atoms with van der Waals surface area (Å²) in [5.74, 6) is -1.07. The highest BCUT2D eigenvalue weighted by Gasteiger charge is 2.25. The van der Waals surface area contributed by atoms with Gasteiger partial charge in [0.25, 0.3) is 30.4 Å². The first kappa shape index (κ1) is 49.4. The third kappa shape index (κ3) is 10.7. The minimum Gasteiger partial charge on any atom is -0.505 e. The van der Waals surface area contributed by atoms with Crippen molar-refractivity contribution in [3.05, 3.63) is 139 Å². The number of hydrogen-bond donors (Lipinski definition) is 9. The Morgan fingerprint density at radius 3 is 1.56 bits per heavy atom. The predicted molar refractivity (Wildman–Crippen MR) is 270 cm³/mol. The van der Waals surface area contributed by atoms with Crippen molar-refractivity contribution in [2.75, 3.05) is 22.9 Å². The van der Waals surface area contributed by atoms with Gasteiger partial charge in [0.2, 0.25) is 0 Å². The molecule has 0 aliphatic rings. The van der Waals surface area contributed by atoms with Gasteiger partial charge in [-0.15, -0.1) is 20.5 Å². The maximum Gasteiger partial charge on any atom is 0.296 e. The van der Waals surface area contributed by atoms with Crippen molar-refractivity contribution in [3.8, 4) is 11.5 Å². The Hall–Kier alpha value is -9.05. The topological polar surface area (TPSA) is 407 Å². The molecule has 0 unspecified atom stereocenters. The Balaban J connectivity index is 1.02. The van der Waals surface area contributed by atoms with Gasteiger partial charge >= 0.3 is 0 Å². The van der Waals surface area contributed by atoms with Crippen molar-refractivity contribution in [2.45, 2.75) is 14.7 Å². The minimum absolute atomic E-state index is 0.00541. The lowest BCUT2D eigenvalue weighted by Crippen LogP contribution is -2.02. The van der Waals surface area contributed by atoms with Gasteiger partial charge in [0.05, 0.1) is 50.6 Å². The number of nitrogen functional groups attached to an aromatic ring is 4. The highest BCUT2D eigenvalue weighted by atomic mass is 32.2. The van der Waals surface area contributed by atoms with Crippen molar-refractivity contribution >= 4 is 132 Å². The molecule has 0 amide bonds. The van der Waals surface area contributed by atoms with Crippen LogP contribution in [0, 0.1) is 0 Å². The molecule has 72 heavy (non-hydrogen) atoms. The normalized spacial score (nSPS) is 12.8. The number of nitrogens with two attached hydrogens (primary N) is 4. The molecule has 8 aromatic carbocycles. The lowest BCUT2D eigenvalue weighted by Gasteiger charge is -2.12. The van der Waals surface area contributed by atoms with E-state index in [1.807, 2.05) is 0 Å². The molecule has 0 heterocycles. The van der Waals surface area contributed by atoms with Gasteiger partial charge in [-0.3, -0.25) is 13.7 Å². The van der Waals surface area contributed by atoms with Crippen LogP contribution in [0.2, 0.25) is 0 Å². The summed E-state index contributed by atoms with van der Waals surface area (Å²) in [5, 5.41) is 55.6. The minimum atomic E-state index is -5.10.